The third-order valence-corrected chi connectivity index (χ3v) is 5.72. The van der Waals surface area contributed by atoms with Crippen molar-refractivity contribution in [2.24, 2.45) is 0 Å². The molecule has 0 aliphatic rings. The van der Waals surface area contributed by atoms with E-state index in [9.17, 15) is 13.2 Å². The summed E-state index contributed by atoms with van der Waals surface area (Å²) in [5.74, 6) is -0.140. The maximum absolute atomic E-state index is 12.3. The molecule has 0 radical (unpaired) electrons. The SMILES string of the molecule is COc1ccccc1CNC(=O)c1nc(CCS(=O)(=O)c2ccccc2)no1. The lowest BCUT2D eigenvalue weighted by molar-refractivity contribution is 0.0906. The van der Waals surface area contributed by atoms with E-state index in [4.69, 9.17) is 9.26 Å². The van der Waals surface area contributed by atoms with E-state index in [1.165, 1.54) is 12.1 Å². The summed E-state index contributed by atoms with van der Waals surface area (Å²) < 4.78 is 34.7. The Balaban J connectivity index is 1.58. The molecule has 1 amide bonds. The zero-order valence-electron chi connectivity index (χ0n) is 15.2. The molecular formula is C19H19N3O5S. The first-order valence-corrected chi connectivity index (χ1v) is 10.2. The van der Waals surface area contributed by atoms with Crippen molar-refractivity contribution in [3.05, 3.63) is 71.9 Å². The van der Waals surface area contributed by atoms with Gasteiger partial charge in [-0.05, 0) is 18.2 Å². The highest BCUT2D eigenvalue weighted by Crippen LogP contribution is 2.17. The number of aryl methyl sites for hydroxylation is 1. The van der Waals surface area contributed by atoms with Crippen LogP contribution in [0.15, 0.2) is 64.0 Å². The molecule has 1 heterocycles. The quantitative estimate of drug-likeness (QED) is 0.615. The smallest absolute Gasteiger partial charge is 0.315 e. The van der Waals surface area contributed by atoms with Gasteiger partial charge in [0.1, 0.15) is 5.75 Å². The van der Waals surface area contributed by atoms with Gasteiger partial charge in [-0.25, -0.2) is 8.42 Å². The van der Waals surface area contributed by atoms with Gasteiger partial charge in [0.2, 0.25) is 0 Å². The molecule has 0 aliphatic heterocycles. The van der Waals surface area contributed by atoms with Crippen LogP contribution in [0.1, 0.15) is 22.1 Å². The summed E-state index contributed by atoms with van der Waals surface area (Å²) in [5, 5.41) is 6.35. The van der Waals surface area contributed by atoms with Crippen LogP contribution in [-0.4, -0.2) is 37.3 Å². The molecule has 0 fully saturated rings. The first kappa shape index (κ1) is 19.6. The van der Waals surface area contributed by atoms with Crippen molar-refractivity contribution in [3.63, 3.8) is 0 Å². The van der Waals surface area contributed by atoms with Gasteiger partial charge in [-0.3, -0.25) is 4.79 Å². The molecule has 1 N–H and O–H groups in total. The summed E-state index contributed by atoms with van der Waals surface area (Å²) in [4.78, 5) is 16.4. The van der Waals surface area contributed by atoms with Crippen LogP contribution in [0.2, 0.25) is 0 Å². The Morgan fingerprint density at radius 1 is 1.11 bits per heavy atom. The van der Waals surface area contributed by atoms with Crippen molar-refractivity contribution in [2.45, 2.75) is 17.9 Å². The molecule has 2 aromatic carbocycles. The third-order valence-electron chi connectivity index (χ3n) is 3.99. The van der Waals surface area contributed by atoms with E-state index < -0.39 is 15.7 Å². The molecule has 28 heavy (non-hydrogen) atoms. The molecule has 0 saturated carbocycles. The number of hydrogen-bond donors (Lipinski definition) is 1. The second kappa shape index (κ2) is 8.66. The van der Waals surface area contributed by atoms with Gasteiger partial charge >= 0.3 is 11.8 Å². The zero-order valence-corrected chi connectivity index (χ0v) is 16.0. The van der Waals surface area contributed by atoms with Crippen LogP contribution in [0.4, 0.5) is 0 Å². The number of aromatic nitrogens is 2. The van der Waals surface area contributed by atoms with Gasteiger partial charge in [0.25, 0.3) is 0 Å². The number of ether oxygens (including phenoxy) is 1. The standard InChI is InChI=1S/C19H19N3O5S/c1-26-16-10-6-5-7-14(16)13-20-18(23)19-21-17(22-27-19)11-12-28(24,25)15-8-3-2-4-9-15/h2-10H,11-13H2,1H3,(H,20,23). The van der Waals surface area contributed by atoms with Crippen molar-refractivity contribution in [1.82, 2.24) is 15.5 Å². The topological polar surface area (TPSA) is 111 Å². The molecule has 0 unspecified atom stereocenters. The number of para-hydroxylation sites is 1. The van der Waals surface area contributed by atoms with Gasteiger partial charge in [-0.1, -0.05) is 41.6 Å². The largest absolute Gasteiger partial charge is 0.496 e. The molecular weight excluding hydrogens is 382 g/mol. The minimum Gasteiger partial charge on any atom is -0.496 e. The Hall–Kier alpha value is -3.20. The Morgan fingerprint density at radius 2 is 1.82 bits per heavy atom. The summed E-state index contributed by atoms with van der Waals surface area (Å²) in [7, 11) is -1.91. The van der Waals surface area contributed by atoms with E-state index in [2.05, 4.69) is 15.5 Å². The monoisotopic (exact) mass is 401 g/mol. The maximum Gasteiger partial charge on any atom is 0.315 e. The van der Waals surface area contributed by atoms with Crippen molar-refractivity contribution in [1.29, 1.82) is 0 Å². The van der Waals surface area contributed by atoms with E-state index in [-0.39, 0.29) is 35.3 Å². The molecule has 0 saturated heterocycles. The number of methoxy groups -OCH3 is 1. The first-order valence-electron chi connectivity index (χ1n) is 8.50. The highest BCUT2D eigenvalue weighted by Gasteiger charge is 2.19. The second-order valence-electron chi connectivity index (χ2n) is 5.89. The van der Waals surface area contributed by atoms with Gasteiger partial charge in [0.05, 0.1) is 17.8 Å². The van der Waals surface area contributed by atoms with E-state index >= 15 is 0 Å². The molecule has 0 spiro atoms. The Bertz CT molecular complexity index is 1050. The molecule has 0 aliphatic carbocycles. The molecule has 9 heteroatoms. The third kappa shape index (κ3) is 4.74. The van der Waals surface area contributed by atoms with E-state index in [0.717, 1.165) is 5.56 Å². The molecule has 8 nitrogen and oxygen atoms in total. The number of amides is 1. The number of carbonyl (C=O) groups excluding carboxylic acids is 1. The minimum absolute atomic E-state index is 0.0422. The Morgan fingerprint density at radius 3 is 2.57 bits per heavy atom. The van der Waals surface area contributed by atoms with Crippen molar-refractivity contribution in [3.8, 4) is 5.75 Å². The van der Waals surface area contributed by atoms with Crippen LogP contribution >= 0.6 is 0 Å². The summed E-state index contributed by atoms with van der Waals surface area (Å²) in [6.45, 7) is 0.225. The minimum atomic E-state index is -3.46. The van der Waals surface area contributed by atoms with E-state index in [1.54, 1.807) is 31.4 Å². The van der Waals surface area contributed by atoms with Gasteiger partial charge < -0.3 is 14.6 Å². The zero-order chi connectivity index (χ0) is 20.0. The number of carbonyl (C=O) groups is 1. The number of benzene rings is 2. The highest BCUT2D eigenvalue weighted by atomic mass is 32.2. The van der Waals surface area contributed by atoms with E-state index in [1.807, 2.05) is 18.2 Å². The average molecular weight is 401 g/mol. The Kier molecular flexibility index (Phi) is 6.05. The van der Waals surface area contributed by atoms with Crippen molar-refractivity contribution in [2.75, 3.05) is 12.9 Å². The number of hydrogen-bond acceptors (Lipinski definition) is 7. The predicted molar refractivity (Wildman–Crippen MR) is 101 cm³/mol. The fraction of sp³-hybridized carbons (Fsp3) is 0.211. The van der Waals surface area contributed by atoms with Crippen LogP contribution in [0.5, 0.6) is 5.75 Å². The van der Waals surface area contributed by atoms with Gasteiger partial charge in [0, 0.05) is 18.5 Å². The number of rotatable bonds is 8. The van der Waals surface area contributed by atoms with Crippen molar-refractivity contribution >= 4 is 15.7 Å². The van der Waals surface area contributed by atoms with Gasteiger partial charge in [-0.15, -0.1) is 0 Å². The van der Waals surface area contributed by atoms with Crippen LogP contribution in [0.25, 0.3) is 0 Å². The van der Waals surface area contributed by atoms with Crippen molar-refractivity contribution < 1.29 is 22.5 Å². The fourth-order valence-electron chi connectivity index (χ4n) is 2.52. The average Bonchev–Trinajstić information content (AvgIpc) is 3.21. The predicted octanol–water partition coefficient (Wildman–Crippen LogP) is 2.02. The number of sulfone groups is 1. The molecule has 146 valence electrons. The van der Waals surface area contributed by atoms with Crippen LogP contribution in [0.3, 0.4) is 0 Å². The van der Waals surface area contributed by atoms with Gasteiger partial charge in [0.15, 0.2) is 15.7 Å². The highest BCUT2D eigenvalue weighted by molar-refractivity contribution is 7.91. The molecule has 1 aromatic heterocycles. The first-order chi connectivity index (χ1) is 13.5. The lowest BCUT2D eigenvalue weighted by Crippen LogP contribution is -2.23. The maximum atomic E-state index is 12.3. The van der Waals surface area contributed by atoms with E-state index in [0.29, 0.717) is 5.75 Å². The summed E-state index contributed by atoms with van der Waals surface area (Å²) in [6.07, 6.45) is 0.0422. The normalized spacial score (nSPS) is 11.2. The molecule has 3 aromatic rings. The van der Waals surface area contributed by atoms with Crippen LogP contribution < -0.4 is 10.1 Å². The second-order valence-corrected chi connectivity index (χ2v) is 8.00. The molecule has 0 atom stereocenters. The lowest BCUT2D eigenvalue weighted by Gasteiger charge is -2.07. The summed E-state index contributed by atoms with van der Waals surface area (Å²) in [5.41, 5.74) is 0.798. The number of nitrogens with zero attached hydrogens (tertiary/aromatic N) is 2. The van der Waals surface area contributed by atoms with Crippen LogP contribution in [-0.2, 0) is 22.8 Å². The number of nitrogens with one attached hydrogen (secondary N) is 1. The molecule has 3 rings (SSSR count). The van der Waals surface area contributed by atoms with Gasteiger partial charge in [-0.2, -0.15) is 4.98 Å². The summed E-state index contributed by atoms with van der Waals surface area (Å²) >= 11 is 0. The fourth-order valence-corrected chi connectivity index (χ4v) is 3.78. The summed E-state index contributed by atoms with van der Waals surface area (Å²) in [6, 6.07) is 15.4. The lowest BCUT2D eigenvalue weighted by atomic mass is 10.2. The Labute approximate surface area is 162 Å². The molecule has 0 bridgehead atoms. The van der Waals surface area contributed by atoms with Crippen LogP contribution in [0, 0.1) is 0 Å².